The van der Waals surface area contributed by atoms with Crippen molar-refractivity contribution in [1.82, 2.24) is 20.6 Å². The van der Waals surface area contributed by atoms with Crippen molar-refractivity contribution in [2.75, 3.05) is 0 Å². The number of carbonyl (C=O) groups is 2. The molecule has 4 rings (SSSR count). The maximum atomic E-state index is 13.0. The quantitative estimate of drug-likeness (QED) is 0.492. The molecular formula is C24H22N4O3. The van der Waals surface area contributed by atoms with Gasteiger partial charge in [0, 0.05) is 11.8 Å². The van der Waals surface area contributed by atoms with Crippen molar-refractivity contribution in [3.8, 4) is 16.9 Å². The van der Waals surface area contributed by atoms with Crippen LogP contribution in [0.25, 0.3) is 16.9 Å². The van der Waals surface area contributed by atoms with Gasteiger partial charge in [-0.25, -0.2) is 4.68 Å². The summed E-state index contributed by atoms with van der Waals surface area (Å²) in [6, 6.07) is 18.9. The molecule has 0 fully saturated rings. The molecule has 0 saturated heterocycles. The van der Waals surface area contributed by atoms with Crippen molar-refractivity contribution in [2.45, 2.75) is 20.8 Å². The molecule has 2 aromatic carbocycles. The summed E-state index contributed by atoms with van der Waals surface area (Å²) in [5.41, 5.74) is 8.90. The molecule has 2 amide bonds. The zero-order chi connectivity index (χ0) is 22.0. The average molecular weight is 414 g/mol. The van der Waals surface area contributed by atoms with Gasteiger partial charge in [-0.2, -0.15) is 5.10 Å². The van der Waals surface area contributed by atoms with Gasteiger partial charge in [0.1, 0.15) is 17.2 Å². The Labute approximate surface area is 179 Å². The predicted molar refractivity (Wildman–Crippen MR) is 117 cm³/mol. The first-order valence-corrected chi connectivity index (χ1v) is 9.82. The van der Waals surface area contributed by atoms with Crippen LogP contribution < -0.4 is 10.9 Å². The van der Waals surface area contributed by atoms with Crippen LogP contribution in [0, 0.1) is 20.8 Å². The summed E-state index contributed by atoms with van der Waals surface area (Å²) in [4.78, 5) is 25.4. The smallest absolute Gasteiger partial charge is 0.273 e. The fourth-order valence-electron chi connectivity index (χ4n) is 3.28. The summed E-state index contributed by atoms with van der Waals surface area (Å²) in [7, 11) is 0. The standard InChI is InChI=1S/C24H22N4O3/c1-15-9-11-18(12-10-15)22-21(14-28(27-22)19-7-5-4-6-8-19)24(30)26-25-23(29)20-13-16(2)31-17(20)3/h4-14H,1-3H3,(H,25,29)(H,26,30). The lowest BCUT2D eigenvalue weighted by molar-refractivity contribution is 0.0846. The topological polar surface area (TPSA) is 89.2 Å². The van der Waals surface area contributed by atoms with Gasteiger partial charge in [0.05, 0.1) is 16.8 Å². The highest BCUT2D eigenvalue weighted by atomic mass is 16.3. The number of para-hydroxylation sites is 1. The first-order chi connectivity index (χ1) is 14.9. The summed E-state index contributed by atoms with van der Waals surface area (Å²) in [6.07, 6.45) is 1.65. The number of hydrazine groups is 1. The van der Waals surface area contributed by atoms with Crippen molar-refractivity contribution in [3.05, 3.63) is 95.1 Å². The number of aryl methyl sites for hydroxylation is 3. The fraction of sp³-hybridized carbons (Fsp3) is 0.125. The summed E-state index contributed by atoms with van der Waals surface area (Å²) >= 11 is 0. The van der Waals surface area contributed by atoms with Gasteiger partial charge in [0.2, 0.25) is 0 Å². The number of hydrogen-bond donors (Lipinski definition) is 2. The monoisotopic (exact) mass is 414 g/mol. The number of nitrogens with zero attached hydrogens (tertiary/aromatic N) is 2. The molecule has 0 spiro atoms. The van der Waals surface area contributed by atoms with Crippen LogP contribution >= 0.6 is 0 Å². The number of aromatic nitrogens is 2. The molecule has 2 heterocycles. The van der Waals surface area contributed by atoms with E-state index in [-0.39, 0.29) is 0 Å². The number of nitrogens with one attached hydrogen (secondary N) is 2. The molecule has 0 unspecified atom stereocenters. The van der Waals surface area contributed by atoms with E-state index in [0.717, 1.165) is 16.8 Å². The Morgan fingerprint density at radius 3 is 2.13 bits per heavy atom. The summed E-state index contributed by atoms with van der Waals surface area (Å²) in [6.45, 7) is 5.45. The number of carbonyl (C=O) groups excluding carboxylic acids is 2. The van der Waals surface area contributed by atoms with E-state index in [1.165, 1.54) is 0 Å². The third-order valence-electron chi connectivity index (χ3n) is 4.88. The lowest BCUT2D eigenvalue weighted by Crippen LogP contribution is -2.41. The van der Waals surface area contributed by atoms with E-state index < -0.39 is 11.8 Å². The van der Waals surface area contributed by atoms with Gasteiger partial charge in [-0.05, 0) is 39.0 Å². The number of furan rings is 1. The molecular weight excluding hydrogens is 392 g/mol. The first kappa shape index (κ1) is 20.2. The Morgan fingerprint density at radius 2 is 1.52 bits per heavy atom. The second-order valence-electron chi connectivity index (χ2n) is 7.27. The van der Waals surface area contributed by atoms with Crippen LogP contribution in [0.4, 0.5) is 0 Å². The Morgan fingerprint density at radius 1 is 0.871 bits per heavy atom. The van der Waals surface area contributed by atoms with Gasteiger partial charge in [-0.15, -0.1) is 0 Å². The third kappa shape index (κ3) is 4.25. The lowest BCUT2D eigenvalue weighted by Gasteiger charge is -2.07. The molecule has 0 saturated carbocycles. The second-order valence-corrected chi connectivity index (χ2v) is 7.27. The average Bonchev–Trinajstić information content (AvgIpc) is 3.36. The molecule has 0 aliphatic carbocycles. The van der Waals surface area contributed by atoms with Crippen LogP contribution in [0.1, 0.15) is 37.8 Å². The summed E-state index contributed by atoms with van der Waals surface area (Å²) in [5, 5.41) is 4.63. The van der Waals surface area contributed by atoms with Crippen LogP contribution in [0.2, 0.25) is 0 Å². The van der Waals surface area contributed by atoms with Crippen molar-refractivity contribution in [2.24, 2.45) is 0 Å². The molecule has 4 aromatic rings. The highest BCUT2D eigenvalue weighted by molar-refractivity contribution is 6.02. The van der Waals surface area contributed by atoms with Gasteiger partial charge in [0.15, 0.2) is 0 Å². The Hall–Kier alpha value is -4.13. The maximum absolute atomic E-state index is 13.0. The van der Waals surface area contributed by atoms with Gasteiger partial charge in [-0.3, -0.25) is 20.4 Å². The van der Waals surface area contributed by atoms with Gasteiger partial charge in [-0.1, -0.05) is 48.0 Å². The Kier molecular flexibility index (Phi) is 5.41. The van der Waals surface area contributed by atoms with Crippen LogP contribution in [0.15, 0.2) is 71.3 Å². The van der Waals surface area contributed by atoms with Crippen LogP contribution in [0.3, 0.4) is 0 Å². The molecule has 0 bridgehead atoms. The minimum Gasteiger partial charge on any atom is -0.466 e. The van der Waals surface area contributed by atoms with Gasteiger partial charge >= 0.3 is 0 Å². The van der Waals surface area contributed by atoms with Crippen molar-refractivity contribution in [3.63, 3.8) is 0 Å². The fourth-order valence-corrected chi connectivity index (χ4v) is 3.28. The van der Waals surface area contributed by atoms with E-state index in [9.17, 15) is 9.59 Å². The van der Waals surface area contributed by atoms with Gasteiger partial charge < -0.3 is 4.42 Å². The number of rotatable bonds is 4. The molecule has 2 N–H and O–H groups in total. The minimum absolute atomic E-state index is 0.341. The molecule has 2 aromatic heterocycles. The van der Waals surface area contributed by atoms with E-state index >= 15 is 0 Å². The Bertz CT molecular complexity index is 1240. The molecule has 0 atom stereocenters. The maximum Gasteiger partial charge on any atom is 0.273 e. The lowest BCUT2D eigenvalue weighted by atomic mass is 10.1. The molecule has 0 aliphatic heterocycles. The van der Waals surface area contributed by atoms with Crippen molar-refractivity contribution in [1.29, 1.82) is 0 Å². The minimum atomic E-state index is -0.469. The molecule has 31 heavy (non-hydrogen) atoms. The van der Waals surface area contributed by atoms with Crippen LogP contribution in [-0.2, 0) is 0 Å². The molecule has 0 radical (unpaired) electrons. The summed E-state index contributed by atoms with van der Waals surface area (Å²) in [5.74, 6) is 0.195. The van der Waals surface area contributed by atoms with E-state index in [0.29, 0.717) is 28.3 Å². The second kappa shape index (κ2) is 8.31. The van der Waals surface area contributed by atoms with Crippen molar-refractivity contribution < 1.29 is 14.0 Å². The highest BCUT2D eigenvalue weighted by Crippen LogP contribution is 2.24. The van der Waals surface area contributed by atoms with E-state index in [1.54, 1.807) is 30.8 Å². The molecule has 156 valence electrons. The Balaban J connectivity index is 1.63. The number of benzene rings is 2. The van der Waals surface area contributed by atoms with E-state index in [2.05, 4.69) is 16.0 Å². The van der Waals surface area contributed by atoms with E-state index in [4.69, 9.17) is 4.42 Å². The van der Waals surface area contributed by atoms with Crippen molar-refractivity contribution >= 4 is 11.8 Å². The highest BCUT2D eigenvalue weighted by Gasteiger charge is 2.20. The molecule has 0 aliphatic rings. The number of hydrogen-bond acceptors (Lipinski definition) is 4. The SMILES string of the molecule is Cc1ccc(-c2nn(-c3ccccc3)cc2C(=O)NNC(=O)c2cc(C)oc2C)cc1. The molecule has 7 nitrogen and oxygen atoms in total. The van der Waals surface area contributed by atoms with Gasteiger partial charge in [0.25, 0.3) is 11.8 Å². The van der Waals surface area contributed by atoms with E-state index in [1.807, 2.05) is 61.5 Å². The normalized spacial score (nSPS) is 10.7. The summed E-state index contributed by atoms with van der Waals surface area (Å²) < 4.78 is 7.03. The third-order valence-corrected chi connectivity index (χ3v) is 4.88. The zero-order valence-electron chi connectivity index (χ0n) is 17.5. The largest absolute Gasteiger partial charge is 0.466 e. The zero-order valence-corrected chi connectivity index (χ0v) is 17.5. The number of amides is 2. The predicted octanol–water partition coefficient (Wildman–Crippen LogP) is 4.13. The van der Waals surface area contributed by atoms with Crippen LogP contribution in [0.5, 0.6) is 0 Å². The first-order valence-electron chi connectivity index (χ1n) is 9.82. The van der Waals surface area contributed by atoms with Crippen LogP contribution in [-0.4, -0.2) is 21.6 Å². The molecule has 7 heteroatoms.